The second kappa shape index (κ2) is 5.37. The third-order valence-electron chi connectivity index (χ3n) is 2.82. The first-order valence-corrected chi connectivity index (χ1v) is 8.17. The number of halogens is 1. The first kappa shape index (κ1) is 13.3. The molecule has 0 bridgehead atoms. The molecule has 0 unspecified atom stereocenters. The SMILES string of the molecule is N#Cc1sc(-c2sccc2Br)c(-c2cccnc2)c1N. The van der Waals surface area contributed by atoms with Gasteiger partial charge in [0.15, 0.2) is 0 Å². The number of nitrogens with two attached hydrogens (primary N) is 1. The van der Waals surface area contributed by atoms with Crippen molar-refractivity contribution in [1.82, 2.24) is 4.98 Å². The quantitative estimate of drug-likeness (QED) is 0.715. The summed E-state index contributed by atoms with van der Waals surface area (Å²) in [6.45, 7) is 0. The molecule has 0 aliphatic rings. The smallest absolute Gasteiger partial charge is 0.129 e. The molecule has 3 heterocycles. The molecule has 0 atom stereocenters. The van der Waals surface area contributed by atoms with Crippen LogP contribution in [-0.2, 0) is 0 Å². The summed E-state index contributed by atoms with van der Waals surface area (Å²) >= 11 is 6.58. The van der Waals surface area contributed by atoms with Crippen LogP contribution in [0.25, 0.3) is 20.9 Å². The molecule has 0 saturated carbocycles. The van der Waals surface area contributed by atoms with Gasteiger partial charge in [-0.2, -0.15) is 5.26 Å². The van der Waals surface area contributed by atoms with Crippen LogP contribution in [0.15, 0.2) is 40.4 Å². The Hall–Kier alpha value is -1.68. The molecular weight excluding hydrogens is 354 g/mol. The number of nitriles is 1. The van der Waals surface area contributed by atoms with Gasteiger partial charge in [0, 0.05) is 28.0 Å². The lowest BCUT2D eigenvalue weighted by molar-refractivity contribution is 1.33. The Bertz CT molecular complexity index is 800. The van der Waals surface area contributed by atoms with E-state index in [1.165, 1.54) is 11.3 Å². The van der Waals surface area contributed by atoms with E-state index in [-0.39, 0.29) is 0 Å². The van der Waals surface area contributed by atoms with Gasteiger partial charge in [-0.05, 0) is 33.4 Å². The lowest BCUT2D eigenvalue weighted by Gasteiger charge is -2.04. The molecule has 0 radical (unpaired) electrons. The fourth-order valence-electron chi connectivity index (χ4n) is 1.94. The van der Waals surface area contributed by atoms with Crippen molar-refractivity contribution in [2.75, 3.05) is 5.73 Å². The Morgan fingerprint density at radius 2 is 2.15 bits per heavy atom. The summed E-state index contributed by atoms with van der Waals surface area (Å²) < 4.78 is 1.01. The van der Waals surface area contributed by atoms with Crippen LogP contribution in [-0.4, -0.2) is 4.98 Å². The summed E-state index contributed by atoms with van der Waals surface area (Å²) in [6.07, 6.45) is 3.49. The average molecular weight is 362 g/mol. The number of thiophene rings is 2. The van der Waals surface area contributed by atoms with Crippen molar-refractivity contribution in [3.63, 3.8) is 0 Å². The monoisotopic (exact) mass is 361 g/mol. The zero-order valence-electron chi connectivity index (χ0n) is 10.1. The molecule has 0 aliphatic heterocycles. The van der Waals surface area contributed by atoms with Crippen LogP contribution < -0.4 is 5.73 Å². The molecule has 0 aromatic carbocycles. The van der Waals surface area contributed by atoms with Crippen molar-refractivity contribution in [3.05, 3.63) is 45.3 Å². The maximum atomic E-state index is 9.23. The summed E-state index contributed by atoms with van der Waals surface area (Å²) in [5, 5.41) is 11.2. The van der Waals surface area contributed by atoms with Gasteiger partial charge in [-0.15, -0.1) is 22.7 Å². The molecule has 3 nitrogen and oxygen atoms in total. The first-order valence-electron chi connectivity index (χ1n) is 5.68. The predicted molar refractivity (Wildman–Crippen MR) is 87.7 cm³/mol. The van der Waals surface area contributed by atoms with Crippen molar-refractivity contribution < 1.29 is 0 Å². The molecule has 0 spiro atoms. The molecule has 2 N–H and O–H groups in total. The van der Waals surface area contributed by atoms with Crippen molar-refractivity contribution >= 4 is 44.3 Å². The van der Waals surface area contributed by atoms with Gasteiger partial charge in [0.25, 0.3) is 0 Å². The van der Waals surface area contributed by atoms with Crippen molar-refractivity contribution in [1.29, 1.82) is 5.26 Å². The van der Waals surface area contributed by atoms with E-state index < -0.39 is 0 Å². The fraction of sp³-hybridized carbons (Fsp3) is 0. The van der Waals surface area contributed by atoms with E-state index >= 15 is 0 Å². The topological polar surface area (TPSA) is 62.7 Å². The van der Waals surface area contributed by atoms with E-state index in [0.717, 1.165) is 25.4 Å². The summed E-state index contributed by atoms with van der Waals surface area (Å²) in [4.78, 5) is 6.77. The van der Waals surface area contributed by atoms with E-state index in [4.69, 9.17) is 5.73 Å². The molecule has 98 valence electrons. The van der Waals surface area contributed by atoms with Crippen LogP contribution in [0.2, 0.25) is 0 Å². The number of aromatic nitrogens is 1. The predicted octanol–water partition coefficient (Wildman–Crippen LogP) is 4.75. The molecule has 20 heavy (non-hydrogen) atoms. The van der Waals surface area contributed by atoms with Gasteiger partial charge < -0.3 is 5.73 Å². The van der Waals surface area contributed by atoms with Crippen LogP contribution in [0.1, 0.15) is 4.88 Å². The molecule has 0 saturated heterocycles. The summed E-state index contributed by atoms with van der Waals surface area (Å²) in [6, 6.07) is 7.99. The minimum Gasteiger partial charge on any atom is -0.396 e. The summed E-state index contributed by atoms with van der Waals surface area (Å²) in [5.74, 6) is 0. The molecule has 3 aromatic heterocycles. The highest BCUT2D eigenvalue weighted by molar-refractivity contribution is 9.10. The van der Waals surface area contributed by atoms with E-state index in [1.807, 2.05) is 23.6 Å². The van der Waals surface area contributed by atoms with E-state index in [9.17, 15) is 5.26 Å². The van der Waals surface area contributed by atoms with Crippen molar-refractivity contribution in [2.24, 2.45) is 0 Å². The maximum absolute atomic E-state index is 9.23. The van der Waals surface area contributed by atoms with E-state index in [0.29, 0.717) is 10.6 Å². The average Bonchev–Trinajstić information content (AvgIpc) is 3.03. The van der Waals surface area contributed by atoms with Gasteiger partial charge >= 0.3 is 0 Å². The molecule has 3 aromatic rings. The largest absolute Gasteiger partial charge is 0.396 e. The van der Waals surface area contributed by atoms with Gasteiger partial charge in [0.1, 0.15) is 10.9 Å². The molecule has 0 aliphatic carbocycles. The zero-order chi connectivity index (χ0) is 14.1. The summed E-state index contributed by atoms with van der Waals surface area (Å²) in [7, 11) is 0. The Morgan fingerprint density at radius 3 is 2.75 bits per heavy atom. The highest BCUT2D eigenvalue weighted by atomic mass is 79.9. The van der Waals surface area contributed by atoms with Gasteiger partial charge in [-0.25, -0.2) is 0 Å². The minimum atomic E-state index is 0.529. The Balaban J connectivity index is 2.31. The Morgan fingerprint density at radius 1 is 1.30 bits per heavy atom. The second-order valence-electron chi connectivity index (χ2n) is 4.00. The van der Waals surface area contributed by atoms with Gasteiger partial charge in [-0.3, -0.25) is 4.98 Å². The number of pyridine rings is 1. The lowest BCUT2D eigenvalue weighted by atomic mass is 10.1. The molecule has 0 amide bonds. The fourth-order valence-corrected chi connectivity index (χ4v) is 4.85. The molecule has 3 rings (SSSR count). The highest BCUT2D eigenvalue weighted by Gasteiger charge is 2.21. The normalized spacial score (nSPS) is 10.4. The number of nitrogen functional groups attached to an aromatic ring is 1. The number of nitrogens with zero attached hydrogens (tertiary/aromatic N) is 2. The van der Waals surface area contributed by atoms with E-state index in [1.54, 1.807) is 23.7 Å². The maximum Gasteiger partial charge on any atom is 0.129 e. The van der Waals surface area contributed by atoms with Crippen molar-refractivity contribution in [3.8, 4) is 27.0 Å². The Kier molecular flexibility index (Phi) is 3.57. The van der Waals surface area contributed by atoms with Crippen LogP contribution >= 0.6 is 38.6 Å². The first-order chi connectivity index (χ1) is 9.72. The second-order valence-corrected chi connectivity index (χ2v) is 6.79. The zero-order valence-corrected chi connectivity index (χ0v) is 13.3. The lowest BCUT2D eigenvalue weighted by Crippen LogP contribution is -1.89. The highest BCUT2D eigenvalue weighted by Crippen LogP contribution is 2.48. The molecule has 6 heteroatoms. The molecular formula is C14H8BrN3S2. The number of rotatable bonds is 2. The van der Waals surface area contributed by atoms with E-state index in [2.05, 4.69) is 27.0 Å². The van der Waals surface area contributed by atoms with Gasteiger partial charge in [0.2, 0.25) is 0 Å². The van der Waals surface area contributed by atoms with Crippen molar-refractivity contribution in [2.45, 2.75) is 0 Å². The van der Waals surface area contributed by atoms with Crippen LogP contribution in [0, 0.1) is 11.3 Å². The van der Waals surface area contributed by atoms with Crippen LogP contribution in [0.4, 0.5) is 5.69 Å². The van der Waals surface area contributed by atoms with Gasteiger partial charge in [0.05, 0.1) is 15.4 Å². The third-order valence-corrected chi connectivity index (χ3v) is 5.93. The standard InChI is InChI=1S/C14H8BrN3S2/c15-9-3-5-19-13(9)14-11(8-2-1-4-18-7-8)12(17)10(6-16)20-14/h1-5,7H,17H2. The number of anilines is 1. The van der Waals surface area contributed by atoms with Gasteiger partial charge in [-0.1, -0.05) is 6.07 Å². The summed E-state index contributed by atoms with van der Waals surface area (Å²) in [5.41, 5.74) is 8.50. The minimum absolute atomic E-state index is 0.529. The number of hydrogen-bond donors (Lipinski definition) is 1. The number of hydrogen-bond acceptors (Lipinski definition) is 5. The third kappa shape index (κ3) is 2.14. The molecule has 0 fully saturated rings. The Labute approximate surface area is 132 Å². The van der Waals surface area contributed by atoms with Crippen LogP contribution in [0.5, 0.6) is 0 Å². The van der Waals surface area contributed by atoms with Crippen LogP contribution in [0.3, 0.4) is 0 Å².